The number of carbonyl (C=O) groups is 6. The minimum absolute atomic E-state index is 0.102. The molecule has 71 heavy (non-hydrogen) atoms. The molecular formula is C53H81N3O15. The smallest absolute Gasteiger partial charge is 0.413 e. The second-order valence-electron chi connectivity index (χ2n) is 23.1. The summed E-state index contributed by atoms with van der Waals surface area (Å²) in [6.07, 6.45) is -2.16. The van der Waals surface area contributed by atoms with E-state index in [-0.39, 0.29) is 17.2 Å². The van der Waals surface area contributed by atoms with Gasteiger partial charge >= 0.3 is 36.2 Å². The van der Waals surface area contributed by atoms with Gasteiger partial charge in [-0.1, -0.05) is 24.3 Å². The van der Waals surface area contributed by atoms with Gasteiger partial charge in [-0.3, -0.25) is 0 Å². The third-order valence-electron chi connectivity index (χ3n) is 8.71. The first-order chi connectivity index (χ1) is 32.1. The van der Waals surface area contributed by atoms with Crippen molar-refractivity contribution in [2.45, 2.75) is 215 Å². The zero-order valence-electron chi connectivity index (χ0n) is 45.8. The van der Waals surface area contributed by atoms with E-state index in [4.69, 9.17) is 42.6 Å². The number of esters is 3. The van der Waals surface area contributed by atoms with E-state index >= 15 is 0 Å². The number of rotatable bonds is 17. The molecular weight excluding hydrogens is 919 g/mol. The molecule has 0 aliphatic carbocycles. The Bertz CT molecular complexity index is 2070. The first kappa shape index (κ1) is 61.4. The third-order valence-corrected chi connectivity index (χ3v) is 8.71. The minimum atomic E-state index is -1.29. The summed E-state index contributed by atoms with van der Waals surface area (Å²) in [6, 6.07) is 6.87. The van der Waals surface area contributed by atoms with Gasteiger partial charge < -0.3 is 58.6 Å². The molecule has 18 nitrogen and oxygen atoms in total. The topological polar surface area (TPSA) is 222 Å². The molecule has 6 unspecified atom stereocenters. The summed E-state index contributed by atoms with van der Waals surface area (Å²) in [5.74, 6) is -2.24. The van der Waals surface area contributed by atoms with Crippen molar-refractivity contribution in [1.82, 2.24) is 16.0 Å². The molecule has 0 aromatic heterocycles. The molecule has 2 rings (SSSR count). The predicted octanol–water partition coefficient (Wildman–Crippen LogP) is 9.86. The normalized spacial score (nSPS) is 15.2. The average molecular weight is 1000 g/mol. The summed E-state index contributed by atoms with van der Waals surface area (Å²) in [6.45, 7) is 36.5. The van der Waals surface area contributed by atoms with Crippen LogP contribution in [0.3, 0.4) is 0 Å². The lowest BCUT2D eigenvalue weighted by molar-refractivity contribution is -0.165. The van der Waals surface area contributed by atoms with Crippen LogP contribution >= 0.6 is 0 Å². The molecule has 18 heteroatoms. The van der Waals surface area contributed by atoms with Crippen LogP contribution in [-0.2, 0) is 42.8 Å². The molecule has 0 fully saturated rings. The fraction of sp³-hybridized carbons (Fsp3) is 0.623. The van der Waals surface area contributed by atoms with E-state index in [1.807, 2.05) is 20.8 Å². The fourth-order valence-electron chi connectivity index (χ4n) is 6.51. The number of hydrogen-bond acceptors (Lipinski definition) is 15. The van der Waals surface area contributed by atoms with Crippen LogP contribution in [-0.4, -0.2) is 106 Å². The Labute approximate surface area is 420 Å². The van der Waals surface area contributed by atoms with Crippen molar-refractivity contribution >= 4 is 48.3 Å². The number of nitrogens with one attached hydrogen (secondary N) is 3. The van der Waals surface area contributed by atoms with Gasteiger partial charge in [0.25, 0.3) is 0 Å². The van der Waals surface area contributed by atoms with E-state index in [1.54, 1.807) is 149 Å². The lowest BCUT2D eigenvalue weighted by Crippen LogP contribution is -2.53. The Morgan fingerprint density at radius 1 is 0.380 bits per heavy atom. The molecule has 0 heterocycles. The third kappa shape index (κ3) is 25.3. The number of hydrogen-bond donors (Lipinski definition) is 3. The summed E-state index contributed by atoms with van der Waals surface area (Å²) < 4.78 is 51.6. The van der Waals surface area contributed by atoms with E-state index in [0.29, 0.717) is 11.1 Å². The summed E-state index contributed by atoms with van der Waals surface area (Å²) in [4.78, 5) is 80.1. The number of amides is 3. The van der Waals surface area contributed by atoms with Crippen molar-refractivity contribution in [3.63, 3.8) is 0 Å². The Morgan fingerprint density at radius 3 is 0.915 bits per heavy atom. The van der Waals surface area contributed by atoms with Crippen molar-refractivity contribution in [3.8, 4) is 17.2 Å². The molecule has 6 atom stereocenters. The van der Waals surface area contributed by atoms with Crippen LogP contribution in [0.15, 0.2) is 42.5 Å². The Kier molecular flexibility index (Phi) is 21.3. The highest BCUT2D eigenvalue weighted by Gasteiger charge is 2.38. The molecule has 0 aliphatic rings. The maximum absolute atomic E-state index is 13.6. The van der Waals surface area contributed by atoms with Crippen LogP contribution in [0.1, 0.15) is 157 Å². The second-order valence-corrected chi connectivity index (χ2v) is 23.1. The van der Waals surface area contributed by atoms with E-state index in [9.17, 15) is 28.8 Å². The largest absolute Gasteiger partial charge is 0.458 e. The highest BCUT2D eigenvalue weighted by atomic mass is 16.6. The summed E-state index contributed by atoms with van der Waals surface area (Å²) >= 11 is 0. The van der Waals surface area contributed by atoms with E-state index in [0.717, 1.165) is 0 Å². The van der Waals surface area contributed by atoms with E-state index in [1.165, 1.54) is 30.3 Å². The zero-order chi connectivity index (χ0) is 54.7. The SMILES string of the molecule is CC(OC(C)(C)C)C(NC(=O)Oc1ccc(/C=C/c2cc(OC(=O)NC(C(=O)OC(C)(C)C)C(C)OC(C)(C)C)cc(OC(=O)NC(C(=O)OC(C)(C)C)C(C)OC(C)(C)C)c2)cc1)C(=O)OC(C)(C)C. The Morgan fingerprint density at radius 2 is 0.648 bits per heavy atom. The fourth-order valence-corrected chi connectivity index (χ4v) is 6.51. The lowest BCUT2D eigenvalue weighted by atomic mass is 10.1. The summed E-state index contributed by atoms with van der Waals surface area (Å²) in [5.41, 5.74) is -3.59. The highest BCUT2D eigenvalue weighted by Crippen LogP contribution is 2.27. The molecule has 0 radical (unpaired) electrons. The lowest BCUT2D eigenvalue weighted by Gasteiger charge is -2.32. The Balaban J connectivity index is 2.53. The van der Waals surface area contributed by atoms with Gasteiger partial charge in [0.2, 0.25) is 0 Å². The molecule has 2 aromatic rings. The summed E-state index contributed by atoms with van der Waals surface area (Å²) in [7, 11) is 0. The molecule has 3 amide bonds. The first-order valence-corrected chi connectivity index (χ1v) is 23.7. The molecule has 0 bridgehead atoms. The standard InChI is InChI=1S/C53H81N3O15/c1-31(66-48(4,5)6)39(42(57)69-51(13,14)15)54-45(60)63-36-26-24-34(25-27-36)22-23-35-28-37(64-46(61)55-40(32(2)67-49(7,8)9)43(58)70-52(16,17)18)30-38(29-35)65-47(62)56-41(33(3)68-50(10,11)12)44(59)71-53(19,20)21/h22-33,39-41H,1-21H3,(H,54,60)(H,55,61)(H,56,62)/b23-22+. The van der Waals surface area contributed by atoms with Crippen molar-refractivity contribution in [1.29, 1.82) is 0 Å². The maximum atomic E-state index is 13.6. The van der Waals surface area contributed by atoms with Crippen molar-refractivity contribution in [2.24, 2.45) is 0 Å². The number of ether oxygens (including phenoxy) is 9. The van der Waals surface area contributed by atoms with Crippen LogP contribution in [0.25, 0.3) is 12.2 Å². The van der Waals surface area contributed by atoms with Crippen LogP contribution in [0.4, 0.5) is 14.4 Å². The molecule has 0 aliphatic heterocycles. The van der Waals surface area contributed by atoms with E-state index < -0.39 is 106 Å². The van der Waals surface area contributed by atoms with Crippen molar-refractivity contribution < 1.29 is 71.4 Å². The number of carbonyl (C=O) groups excluding carboxylic acids is 6. The number of benzene rings is 2. The average Bonchev–Trinajstić information content (AvgIpc) is 3.13. The predicted molar refractivity (Wildman–Crippen MR) is 269 cm³/mol. The maximum Gasteiger partial charge on any atom is 0.413 e. The molecule has 3 N–H and O–H groups in total. The van der Waals surface area contributed by atoms with Gasteiger partial charge in [-0.15, -0.1) is 0 Å². The van der Waals surface area contributed by atoms with Crippen LogP contribution < -0.4 is 30.2 Å². The van der Waals surface area contributed by atoms with Gasteiger partial charge in [0, 0.05) is 6.07 Å². The van der Waals surface area contributed by atoms with Gasteiger partial charge in [0.05, 0.1) is 35.1 Å². The van der Waals surface area contributed by atoms with Gasteiger partial charge in [0.1, 0.15) is 34.1 Å². The zero-order valence-corrected chi connectivity index (χ0v) is 45.8. The Hall–Kier alpha value is -5.72. The van der Waals surface area contributed by atoms with Crippen LogP contribution in [0.5, 0.6) is 17.2 Å². The molecule has 398 valence electrons. The van der Waals surface area contributed by atoms with Crippen molar-refractivity contribution in [2.75, 3.05) is 0 Å². The first-order valence-electron chi connectivity index (χ1n) is 23.7. The quantitative estimate of drug-likeness (QED) is 0.0762. The van der Waals surface area contributed by atoms with Gasteiger partial charge in [-0.2, -0.15) is 0 Å². The monoisotopic (exact) mass is 1000 g/mol. The van der Waals surface area contributed by atoms with E-state index in [2.05, 4.69) is 16.0 Å². The second kappa shape index (κ2) is 24.6. The molecule has 2 aromatic carbocycles. The molecule has 0 saturated carbocycles. The highest BCUT2D eigenvalue weighted by molar-refractivity contribution is 5.85. The van der Waals surface area contributed by atoms with Crippen LogP contribution in [0, 0.1) is 0 Å². The van der Waals surface area contributed by atoms with Gasteiger partial charge in [0.15, 0.2) is 18.1 Å². The van der Waals surface area contributed by atoms with Gasteiger partial charge in [-0.05, 0) is 181 Å². The van der Waals surface area contributed by atoms with Crippen LogP contribution in [0.2, 0.25) is 0 Å². The van der Waals surface area contributed by atoms with Gasteiger partial charge in [-0.25, -0.2) is 28.8 Å². The molecule has 0 spiro atoms. The minimum Gasteiger partial charge on any atom is -0.458 e. The summed E-state index contributed by atoms with van der Waals surface area (Å²) in [5, 5.41) is 7.69. The molecule has 0 saturated heterocycles. The van der Waals surface area contributed by atoms with Crippen molar-refractivity contribution in [3.05, 3.63) is 53.6 Å².